The number of nitrogens with one attached hydrogen (secondary N) is 2. The smallest absolute Gasteiger partial charge is 0.275 e. The van der Waals surface area contributed by atoms with Gasteiger partial charge >= 0.3 is 0 Å². The van der Waals surface area contributed by atoms with Crippen LogP contribution >= 0.6 is 0 Å². The molecule has 0 fully saturated rings. The van der Waals surface area contributed by atoms with Gasteiger partial charge in [-0.25, -0.2) is 0 Å². The summed E-state index contributed by atoms with van der Waals surface area (Å²) >= 11 is 0. The zero-order valence-electron chi connectivity index (χ0n) is 12.8. The lowest BCUT2D eigenvalue weighted by Crippen LogP contribution is -2.23. The molecule has 3 aromatic rings. The van der Waals surface area contributed by atoms with E-state index < -0.39 is 5.91 Å². The Labute approximate surface area is 136 Å². The lowest BCUT2D eigenvalue weighted by molar-refractivity contribution is 0.0948. The number of aromatic nitrogens is 2. The highest BCUT2D eigenvalue weighted by molar-refractivity contribution is 6.04. The summed E-state index contributed by atoms with van der Waals surface area (Å²) in [6, 6.07) is 8.00. The van der Waals surface area contributed by atoms with Crippen molar-refractivity contribution >= 4 is 17.6 Å². The molecule has 0 bridgehead atoms. The maximum absolute atomic E-state index is 12.1. The summed E-state index contributed by atoms with van der Waals surface area (Å²) in [5.74, 6) is 0.678. The van der Waals surface area contributed by atoms with Crippen LogP contribution in [0.5, 0.6) is 0 Å². The molecule has 3 heterocycles. The number of aryl methyl sites for hydroxylation is 1. The molecule has 3 rings (SSSR count). The molecule has 0 spiro atoms. The number of furan rings is 1. The van der Waals surface area contributed by atoms with Crippen LogP contribution < -0.4 is 10.6 Å². The summed E-state index contributed by atoms with van der Waals surface area (Å²) in [5, 5.41) is 8.92. The molecule has 0 aliphatic carbocycles. The number of hydrogen-bond donors (Lipinski definition) is 2. The fourth-order valence-corrected chi connectivity index (χ4v) is 1.98. The van der Waals surface area contributed by atoms with E-state index in [9.17, 15) is 9.59 Å². The first kappa shape index (κ1) is 15.5. The van der Waals surface area contributed by atoms with Gasteiger partial charge < -0.3 is 19.6 Å². The number of pyridine rings is 1. The predicted octanol–water partition coefficient (Wildman–Crippen LogP) is 2.15. The van der Waals surface area contributed by atoms with Gasteiger partial charge in [0.25, 0.3) is 11.8 Å². The highest BCUT2D eigenvalue weighted by Gasteiger charge is 2.13. The molecule has 0 atom stereocenters. The van der Waals surface area contributed by atoms with Crippen LogP contribution in [-0.2, 0) is 6.54 Å². The van der Waals surface area contributed by atoms with E-state index in [1.165, 1.54) is 24.6 Å². The molecule has 122 valence electrons. The number of carbonyl (C=O) groups is 2. The van der Waals surface area contributed by atoms with Crippen molar-refractivity contribution in [2.45, 2.75) is 13.5 Å². The maximum atomic E-state index is 12.1. The quantitative estimate of drug-likeness (QED) is 0.743. The molecule has 0 saturated heterocycles. The average Bonchev–Trinajstić information content (AvgIpc) is 3.24. The van der Waals surface area contributed by atoms with Crippen molar-refractivity contribution in [2.75, 3.05) is 5.32 Å². The third-order valence-corrected chi connectivity index (χ3v) is 3.13. The SMILES string of the molecule is Cc1cc(NC(=O)c2cc(C(=O)NCc3ccco3)ccn2)no1. The second kappa shape index (κ2) is 6.78. The Morgan fingerprint density at radius 3 is 2.79 bits per heavy atom. The molecule has 3 aromatic heterocycles. The van der Waals surface area contributed by atoms with E-state index >= 15 is 0 Å². The molecular formula is C16H14N4O4. The first-order valence-electron chi connectivity index (χ1n) is 7.13. The molecular weight excluding hydrogens is 312 g/mol. The molecule has 0 unspecified atom stereocenters. The van der Waals surface area contributed by atoms with Crippen LogP contribution in [-0.4, -0.2) is 22.0 Å². The van der Waals surface area contributed by atoms with Crippen molar-refractivity contribution in [3.05, 3.63) is 65.6 Å². The van der Waals surface area contributed by atoms with Crippen LogP contribution in [0.15, 0.2) is 51.7 Å². The van der Waals surface area contributed by atoms with Gasteiger partial charge in [0, 0.05) is 17.8 Å². The Morgan fingerprint density at radius 1 is 1.21 bits per heavy atom. The first-order valence-corrected chi connectivity index (χ1v) is 7.13. The van der Waals surface area contributed by atoms with Gasteiger partial charge in [0.15, 0.2) is 5.82 Å². The second-order valence-electron chi connectivity index (χ2n) is 4.97. The molecule has 0 saturated carbocycles. The van der Waals surface area contributed by atoms with Crippen molar-refractivity contribution in [1.82, 2.24) is 15.5 Å². The minimum absolute atomic E-state index is 0.0984. The van der Waals surface area contributed by atoms with Crippen molar-refractivity contribution < 1.29 is 18.5 Å². The van der Waals surface area contributed by atoms with Gasteiger partial charge in [0.2, 0.25) is 0 Å². The molecule has 8 nitrogen and oxygen atoms in total. The second-order valence-corrected chi connectivity index (χ2v) is 4.97. The number of anilines is 1. The third-order valence-electron chi connectivity index (χ3n) is 3.13. The van der Waals surface area contributed by atoms with Crippen LogP contribution in [0.4, 0.5) is 5.82 Å². The van der Waals surface area contributed by atoms with Gasteiger partial charge in [0.1, 0.15) is 17.2 Å². The number of nitrogens with zero attached hydrogens (tertiary/aromatic N) is 2. The number of amides is 2. The standard InChI is InChI=1S/C16H14N4O4/c1-10-7-14(20-24-10)19-16(22)13-8-11(4-5-17-13)15(21)18-9-12-3-2-6-23-12/h2-8H,9H2,1H3,(H,18,21)(H,19,20,22). The molecule has 8 heteroatoms. The monoisotopic (exact) mass is 326 g/mol. The zero-order valence-corrected chi connectivity index (χ0v) is 12.8. The fourth-order valence-electron chi connectivity index (χ4n) is 1.98. The molecule has 2 N–H and O–H groups in total. The molecule has 24 heavy (non-hydrogen) atoms. The Hall–Kier alpha value is -3.42. The summed E-state index contributed by atoms with van der Waals surface area (Å²) in [7, 11) is 0. The Balaban J connectivity index is 1.66. The van der Waals surface area contributed by atoms with Crippen LogP contribution in [0.25, 0.3) is 0 Å². The van der Waals surface area contributed by atoms with E-state index in [1.807, 2.05) is 0 Å². The Kier molecular flexibility index (Phi) is 4.37. The first-order chi connectivity index (χ1) is 11.6. The highest BCUT2D eigenvalue weighted by Crippen LogP contribution is 2.10. The van der Waals surface area contributed by atoms with Gasteiger partial charge in [-0.1, -0.05) is 5.16 Å². The van der Waals surface area contributed by atoms with Crippen LogP contribution in [0.1, 0.15) is 32.4 Å². The van der Waals surface area contributed by atoms with Gasteiger partial charge in [-0.05, 0) is 31.2 Å². The fraction of sp³-hybridized carbons (Fsp3) is 0.125. The van der Waals surface area contributed by atoms with Crippen molar-refractivity contribution in [3.8, 4) is 0 Å². The van der Waals surface area contributed by atoms with Gasteiger partial charge in [0.05, 0.1) is 12.8 Å². The summed E-state index contributed by atoms with van der Waals surface area (Å²) in [6.07, 6.45) is 2.92. The van der Waals surface area contributed by atoms with Crippen molar-refractivity contribution in [1.29, 1.82) is 0 Å². The van der Waals surface area contributed by atoms with Crippen molar-refractivity contribution in [2.24, 2.45) is 0 Å². The van der Waals surface area contributed by atoms with E-state index in [2.05, 4.69) is 20.8 Å². The zero-order chi connectivity index (χ0) is 16.9. The van der Waals surface area contributed by atoms with Crippen molar-refractivity contribution in [3.63, 3.8) is 0 Å². The van der Waals surface area contributed by atoms with E-state index in [-0.39, 0.29) is 24.0 Å². The minimum atomic E-state index is -0.482. The maximum Gasteiger partial charge on any atom is 0.275 e. The minimum Gasteiger partial charge on any atom is -0.467 e. The van der Waals surface area contributed by atoms with Gasteiger partial charge in [-0.3, -0.25) is 14.6 Å². The lowest BCUT2D eigenvalue weighted by Gasteiger charge is -2.05. The van der Waals surface area contributed by atoms with E-state index in [4.69, 9.17) is 8.94 Å². The molecule has 0 aliphatic heterocycles. The van der Waals surface area contributed by atoms with Gasteiger partial charge in [-0.2, -0.15) is 0 Å². The Morgan fingerprint density at radius 2 is 2.08 bits per heavy atom. The van der Waals surface area contributed by atoms with Crippen LogP contribution in [0.2, 0.25) is 0 Å². The lowest BCUT2D eigenvalue weighted by atomic mass is 10.2. The number of carbonyl (C=O) groups excluding carboxylic acids is 2. The molecule has 0 radical (unpaired) electrons. The molecule has 0 aromatic carbocycles. The van der Waals surface area contributed by atoms with Crippen LogP contribution in [0.3, 0.4) is 0 Å². The number of rotatable bonds is 5. The third kappa shape index (κ3) is 3.67. The molecule has 0 aliphatic rings. The van der Waals surface area contributed by atoms with Crippen LogP contribution in [0, 0.1) is 6.92 Å². The Bertz CT molecular complexity index is 855. The summed E-state index contributed by atoms with van der Waals surface area (Å²) < 4.78 is 10.0. The summed E-state index contributed by atoms with van der Waals surface area (Å²) in [5.41, 5.74) is 0.416. The molecule has 2 amide bonds. The van der Waals surface area contributed by atoms with E-state index in [0.29, 0.717) is 17.1 Å². The largest absolute Gasteiger partial charge is 0.467 e. The predicted molar refractivity (Wildman–Crippen MR) is 83.3 cm³/mol. The normalized spacial score (nSPS) is 10.4. The number of hydrogen-bond acceptors (Lipinski definition) is 6. The summed E-state index contributed by atoms with van der Waals surface area (Å²) in [6.45, 7) is 1.97. The average molecular weight is 326 g/mol. The summed E-state index contributed by atoms with van der Waals surface area (Å²) in [4.78, 5) is 28.2. The van der Waals surface area contributed by atoms with Gasteiger partial charge in [-0.15, -0.1) is 0 Å². The topological polar surface area (TPSA) is 110 Å². The highest BCUT2D eigenvalue weighted by atomic mass is 16.5. The van der Waals surface area contributed by atoms with E-state index in [0.717, 1.165) is 0 Å². The van der Waals surface area contributed by atoms with E-state index in [1.54, 1.807) is 25.1 Å².